The molecule has 2 N–H and O–H groups in total. The molecule has 1 aliphatic rings. The first-order valence-electron chi connectivity index (χ1n) is 3.30. The summed E-state index contributed by atoms with van der Waals surface area (Å²) in [6.07, 6.45) is 0.663. The van der Waals surface area contributed by atoms with Crippen molar-refractivity contribution >= 4 is 5.91 Å². The topological polar surface area (TPSA) is 60.8 Å². The summed E-state index contributed by atoms with van der Waals surface area (Å²) in [4.78, 5) is 12.3. The van der Waals surface area contributed by atoms with Gasteiger partial charge in [-0.1, -0.05) is 0 Å². The van der Waals surface area contributed by atoms with Gasteiger partial charge in [0, 0.05) is 6.54 Å². The lowest BCUT2D eigenvalue weighted by Gasteiger charge is -2.10. The maximum atomic E-state index is 11.0. The van der Waals surface area contributed by atoms with Crippen molar-refractivity contribution in [3.05, 3.63) is 0 Å². The number of likely N-dealkylation sites (tertiary alicyclic amines) is 1. The fraction of sp³-hybridized carbons (Fsp3) is 0.833. The lowest BCUT2D eigenvalue weighted by molar-refractivity contribution is -0.134. The third kappa shape index (κ3) is 1.12. The molecule has 4 heteroatoms. The fourth-order valence-electron chi connectivity index (χ4n) is 1.11. The van der Waals surface area contributed by atoms with E-state index >= 15 is 0 Å². The zero-order valence-electron chi connectivity index (χ0n) is 5.66. The van der Waals surface area contributed by atoms with E-state index < -0.39 is 0 Å². The Labute approximate surface area is 59.1 Å². The molecule has 0 aromatic carbocycles. The van der Waals surface area contributed by atoms with E-state index in [-0.39, 0.29) is 25.2 Å². The molecule has 10 heavy (non-hydrogen) atoms. The molecule has 0 bridgehead atoms. The minimum atomic E-state index is -0.271. The molecule has 1 amide bonds. The first-order chi connectivity index (χ1) is 4.79. The highest BCUT2D eigenvalue weighted by atomic mass is 16.3. The Morgan fingerprint density at radius 3 is 2.60 bits per heavy atom. The van der Waals surface area contributed by atoms with E-state index in [4.69, 9.17) is 10.2 Å². The summed E-state index contributed by atoms with van der Waals surface area (Å²) in [6, 6.07) is 0. The standard InChI is InChI=1S/C6H11NO3/c8-3-5-1-2-7(4-9)6(5)10/h5,8-9H,1-4H2. The van der Waals surface area contributed by atoms with E-state index in [1.54, 1.807) is 0 Å². The van der Waals surface area contributed by atoms with Crippen molar-refractivity contribution in [2.45, 2.75) is 6.42 Å². The largest absolute Gasteiger partial charge is 0.396 e. The van der Waals surface area contributed by atoms with Crippen LogP contribution in [0.4, 0.5) is 0 Å². The lowest BCUT2D eigenvalue weighted by atomic mass is 10.1. The molecule has 58 valence electrons. The number of hydrogen-bond donors (Lipinski definition) is 2. The molecule has 1 saturated heterocycles. The van der Waals surface area contributed by atoms with Gasteiger partial charge in [-0.2, -0.15) is 0 Å². The van der Waals surface area contributed by atoms with Crippen LogP contribution < -0.4 is 0 Å². The van der Waals surface area contributed by atoms with Gasteiger partial charge in [-0.25, -0.2) is 0 Å². The molecule has 1 heterocycles. The third-order valence-electron chi connectivity index (χ3n) is 1.80. The molecule has 1 unspecified atom stereocenters. The van der Waals surface area contributed by atoms with Crippen LogP contribution in [0.25, 0.3) is 0 Å². The Morgan fingerprint density at radius 2 is 2.30 bits per heavy atom. The van der Waals surface area contributed by atoms with Gasteiger partial charge in [-0.05, 0) is 6.42 Å². The van der Waals surface area contributed by atoms with E-state index in [0.29, 0.717) is 13.0 Å². The van der Waals surface area contributed by atoms with Crippen molar-refractivity contribution in [1.29, 1.82) is 0 Å². The molecule has 0 aliphatic carbocycles. The molecule has 4 nitrogen and oxygen atoms in total. The summed E-state index contributed by atoms with van der Waals surface area (Å²) in [7, 11) is 0. The Bertz CT molecular complexity index is 123. The Morgan fingerprint density at radius 1 is 1.60 bits per heavy atom. The van der Waals surface area contributed by atoms with Gasteiger partial charge in [0.1, 0.15) is 6.73 Å². The summed E-state index contributed by atoms with van der Waals surface area (Å²) in [5.41, 5.74) is 0. The average Bonchev–Trinajstić information content (AvgIpc) is 2.30. The first kappa shape index (κ1) is 7.50. The number of carbonyl (C=O) groups excluding carboxylic acids is 1. The monoisotopic (exact) mass is 145 g/mol. The van der Waals surface area contributed by atoms with Gasteiger partial charge >= 0.3 is 0 Å². The van der Waals surface area contributed by atoms with Gasteiger partial charge in [-0.3, -0.25) is 4.79 Å². The minimum Gasteiger partial charge on any atom is -0.396 e. The summed E-state index contributed by atoms with van der Waals surface area (Å²) in [5, 5.41) is 17.2. The number of carbonyl (C=O) groups is 1. The highest BCUT2D eigenvalue weighted by molar-refractivity contribution is 5.80. The maximum Gasteiger partial charge on any atom is 0.229 e. The van der Waals surface area contributed by atoms with Crippen molar-refractivity contribution in [1.82, 2.24) is 4.90 Å². The van der Waals surface area contributed by atoms with E-state index in [1.807, 2.05) is 0 Å². The van der Waals surface area contributed by atoms with Crippen molar-refractivity contribution < 1.29 is 15.0 Å². The van der Waals surface area contributed by atoms with Gasteiger partial charge in [0.2, 0.25) is 5.91 Å². The number of amides is 1. The maximum absolute atomic E-state index is 11.0. The predicted molar refractivity (Wildman–Crippen MR) is 34.0 cm³/mol. The Hall–Kier alpha value is -0.610. The van der Waals surface area contributed by atoms with Crippen LogP contribution in [-0.4, -0.2) is 40.9 Å². The van der Waals surface area contributed by atoms with Gasteiger partial charge in [0.25, 0.3) is 0 Å². The lowest BCUT2D eigenvalue weighted by Crippen LogP contribution is -2.29. The predicted octanol–water partition coefficient (Wildman–Crippen LogP) is -1.22. The van der Waals surface area contributed by atoms with Crippen LogP contribution in [0, 0.1) is 5.92 Å². The van der Waals surface area contributed by atoms with E-state index in [9.17, 15) is 4.79 Å². The zero-order valence-corrected chi connectivity index (χ0v) is 5.66. The van der Waals surface area contributed by atoms with E-state index in [0.717, 1.165) is 0 Å². The average molecular weight is 145 g/mol. The molecule has 0 saturated carbocycles. The molecular weight excluding hydrogens is 134 g/mol. The van der Waals surface area contributed by atoms with Crippen LogP contribution in [0.5, 0.6) is 0 Å². The molecule has 1 fully saturated rings. The quantitative estimate of drug-likeness (QED) is 0.512. The molecular formula is C6H11NO3. The SMILES string of the molecule is O=C1C(CO)CCN1CO. The summed E-state index contributed by atoms with van der Waals surface area (Å²) < 4.78 is 0. The van der Waals surface area contributed by atoms with Gasteiger partial charge in [0.15, 0.2) is 0 Å². The molecule has 0 radical (unpaired) electrons. The van der Waals surface area contributed by atoms with Crippen LogP contribution in [0.1, 0.15) is 6.42 Å². The van der Waals surface area contributed by atoms with Crippen molar-refractivity contribution in [3.63, 3.8) is 0 Å². The smallest absolute Gasteiger partial charge is 0.229 e. The van der Waals surface area contributed by atoms with Crippen LogP contribution in [0.15, 0.2) is 0 Å². The number of nitrogens with zero attached hydrogens (tertiary/aromatic N) is 1. The van der Waals surface area contributed by atoms with Crippen LogP contribution in [0.2, 0.25) is 0 Å². The first-order valence-corrected chi connectivity index (χ1v) is 3.30. The van der Waals surface area contributed by atoms with Crippen LogP contribution >= 0.6 is 0 Å². The van der Waals surface area contributed by atoms with Crippen molar-refractivity contribution in [2.24, 2.45) is 5.92 Å². The number of aliphatic hydroxyl groups is 2. The molecule has 0 aromatic heterocycles. The highest BCUT2D eigenvalue weighted by Crippen LogP contribution is 2.15. The highest BCUT2D eigenvalue weighted by Gasteiger charge is 2.29. The molecule has 0 aromatic rings. The van der Waals surface area contributed by atoms with Crippen molar-refractivity contribution in [2.75, 3.05) is 19.9 Å². The zero-order chi connectivity index (χ0) is 7.56. The molecule has 1 rings (SSSR count). The second-order valence-electron chi connectivity index (χ2n) is 2.41. The number of hydrogen-bond acceptors (Lipinski definition) is 3. The van der Waals surface area contributed by atoms with E-state index in [1.165, 1.54) is 4.90 Å². The summed E-state index contributed by atoms with van der Waals surface area (Å²) in [5.74, 6) is -0.405. The van der Waals surface area contributed by atoms with Gasteiger partial charge in [-0.15, -0.1) is 0 Å². The van der Waals surface area contributed by atoms with Crippen LogP contribution in [-0.2, 0) is 4.79 Å². The van der Waals surface area contributed by atoms with E-state index in [2.05, 4.69) is 0 Å². The van der Waals surface area contributed by atoms with Gasteiger partial charge < -0.3 is 15.1 Å². The molecule has 0 spiro atoms. The van der Waals surface area contributed by atoms with Crippen LogP contribution in [0.3, 0.4) is 0 Å². The minimum absolute atomic E-state index is 0.102. The van der Waals surface area contributed by atoms with Gasteiger partial charge in [0.05, 0.1) is 12.5 Å². The molecule has 1 aliphatic heterocycles. The second kappa shape index (κ2) is 2.98. The Kier molecular flexibility index (Phi) is 2.24. The number of aliphatic hydroxyl groups excluding tert-OH is 2. The third-order valence-corrected chi connectivity index (χ3v) is 1.80. The normalized spacial score (nSPS) is 26.0. The van der Waals surface area contributed by atoms with Crippen molar-refractivity contribution in [3.8, 4) is 0 Å². The summed E-state index contributed by atoms with van der Waals surface area (Å²) in [6.45, 7) is 0.241. The second-order valence-corrected chi connectivity index (χ2v) is 2.41. The molecule has 1 atom stereocenters. The number of rotatable bonds is 2. The fourth-order valence-corrected chi connectivity index (χ4v) is 1.11. The Balaban J connectivity index is 2.49. The summed E-state index contributed by atoms with van der Waals surface area (Å²) >= 11 is 0.